The van der Waals surface area contributed by atoms with E-state index in [1.165, 1.54) is 11.9 Å². The Balaban J connectivity index is 1.24. The lowest BCUT2D eigenvalue weighted by atomic mass is 9.95. The SMILES string of the molecule is CCc1ccc(Oc2cc(N3CCC(C(=O)N4CCN(CC(=O)NC(C)C)CC4)CC3)ncn2)cc1. The number of carbonyl (C=O) groups excluding carboxylic acids is 2. The largest absolute Gasteiger partial charge is 0.439 e. The molecule has 2 amide bonds. The highest BCUT2D eigenvalue weighted by Gasteiger charge is 2.31. The predicted octanol–water partition coefficient (Wildman–Crippen LogP) is 2.72. The minimum absolute atomic E-state index is 0.0340. The number of anilines is 1. The number of ether oxygens (including phenoxy) is 1. The van der Waals surface area contributed by atoms with E-state index in [0.717, 1.165) is 57.0 Å². The average molecular weight is 495 g/mol. The number of aryl methyl sites for hydroxylation is 1. The first-order valence-corrected chi connectivity index (χ1v) is 13.1. The van der Waals surface area contributed by atoms with E-state index in [1.54, 1.807) is 0 Å². The summed E-state index contributed by atoms with van der Waals surface area (Å²) in [6.07, 6.45) is 4.12. The van der Waals surface area contributed by atoms with E-state index < -0.39 is 0 Å². The summed E-state index contributed by atoms with van der Waals surface area (Å²) in [7, 11) is 0. The molecule has 2 aliphatic rings. The third-order valence-corrected chi connectivity index (χ3v) is 6.85. The van der Waals surface area contributed by atoms with E-state index in [-0.39, 0.29) is 23.8 Å². The monoisotopic (exact) mass is 494 g/mol. The van der Waals surface area contributed by atoms with E-state index in [2.05, 4.69) is 44.1 Å². The average Bonchev–Trinajstić information content (AvgIpc) is 2.89. The first kappa shape index (κ1) is 25.9. The number of piperazine rings is 1. The molecular formula is C27H38N6O3. The zero-order valence-corrected chi connectivity index (χ0v) is 21.7. The van der Waals surface area contributed by atoms with Crippen molar-refractivity contribution in [1.82, 2.24) is 25.1 Å². The maximum atomic E-state index is 13.1. The van der Waals surface area contributed by atoms with Crippen molar-refractivity contribution in [3.8, 4) is 11.6 Å². The van der Waals surface area contributed by atoms with Crippen molar-refractivity contribution < 1.29 is 14.3 Å². The van der Waals surface area contributed by atoms with Gasteiger partial charge in [0.1, 0.15) is 17.9 Å². The molecule has 2 fully saturated rings. The summed E-state index contributed by atoms with van der Waals surface area (Å²) in [5, 5.41) is 2.93. The Kier molecular flexibility index (Phi) is 8.74. The van der Waals surface area contributed by atoms with Crippen LogP contribution < -0.4 is 15.0 Å². The number of nitrogens with one attached hydrogen (secondary N) is 1. The first-order valence-electron chi connectivity index (χ1n) is 13.1. The van der Waals surface area contributed by atoms with Crippen molar-refractivity contribution >= 4 is 17.6 Å². The third kappa shape index (κ3) is 6.94. The summed E-state index contributed by atoms with van der Waals surface area (Å²) in [5.41, 5.74) is 1.26. The van der Waals surface area contributed by atoms with Crippen molar-refractivity contribution in [2.45, 2.75) is 46.1 Å². The Bertz CT molecular complexity index is 1010. The van der Waals surface area contributed by atoms with Crippen LogP contribution in [-0.2, 0) is 16.0 Å². The van der Waals surface area contributed by atoms with Crippen LogP contribution >= 0.6 is 0 Å². The van der Waals surface area contributed by atoms with E-state index in [0.29, 0.717) is 25.5 Å². The van der Waals surface area contributed by atoms with Crippen LogP contribution in [0.1, 0.15) is 39.2 Å². The zero-order chi connectivity index (χ0) is 25.5. The highest BCUT2D eigenvalue weighted by atomic mass is 16.5. The summed E-state index contributed by atoms with van der Waals surface area (Å²) in [4.78, 5) is 40.1. The van der Waals surface area contributed by atoms with Gasteiger partial charge in [0, 0.05) is 57.3 Å². The molecule has 2 aromatic rings. The molecule has 1 aromatic heterocycles. The number of piperidine rings is 1. The Labute approximate surface area is 213 Å². The molecule has 0 spiro atoms. The fraction of sp³-hybridized carbons (Fsp3) is 0.556. The standard InChI is InChI=1S/C27H38N6O3/c1-4-21-5-7-23(8-6-21)36-26-17-24(28-19-29-26)32-11-9-22(10-12-32)27(35)33-15-13-31(14-16-33)18-25(34)30-20(2)3/h5-8,17,19-20,22H,4,9-16,18H2,1-3H3,(H,30,34). The third-order valence-electron chi connectivity index (χ3n) is 6.85. The number of amides is 2. The molecule has 0 bridgehead atoms. The molecule has 1 N–H and O–H groups in total. The van der Waals surface area contributed by atoms with Crippen molar-refractivity contribution in [3.63, 3.8) is 0 Å². The van der Waals surface area contributed by atoms with Gasteiger partial charge in [-0.05, 0) is 50.8 Å². The van der Waals surface area contributed by atoms with Crippen molar-refractivity contribution in [3.05, 3.63) is 42.2 Å². The first-order chi connectivity index (χ1) is 17.4. The molecule has 36 heavy (non-hydrogen) atoms. The Hall–Kier alpha value is -3.20. The van der Waals surface area contributed by atoms with Crippen LogP contribution in [-0.4, -0.2) is 83.4 Å². The number of nitrogens with zero attached hydrogens (tertiary/aromatic N) is 5. The Morgan fingerprint density at radius 1 is 1.03 bits per heavy atom. The number of hydrogen-bond donors (Lipinski definition) is 1. The lowest BCUT2D eigenvalue weighted by Gasteiger charge is -2.38. The zero-order valence-electron chi connectivity index (χ0n) is 21.7. The van der Waals surface area contributed by atoms with Gasteiger partial charge in [0.25, 0.3) is 0 Å². The van der Waals surface area contributed by atoms with E-state index in [1.807, 2.05) is 36.9 Å². The number of aromatic nitrogens is 2. The smallest absolute Gasteiger partial charge is 0.234 e. The molecule has 9 nitrogen and oxygen atoms in total. The molecule has 2 aliphatic heterocycles. The van der Waals surface area contributed by atoms with Crippen LogP contribution in [0.4, 0.5) is 5.82 Å². The summed E-state index contributed by atoms with van der Waals surface area (Å²) in [5.74, 6) is 2.41. The number of benzene rings is 1. The maximum absolute atomic E-state index is 13.1. The molecule has 3 heterocycles. The molecule has 0 aliphatic carbocycles. The highest BCUT2D eigenvalue weighted by molar-refractivity contribution is 5.80. The van der Waals surface area contributed by atoms with Crippen molar-refractivity contribution in [2.75, 3.05) is 50.7 Å². The van der Waals surface area contributed by atoms with Gasteiger partial charge in [-0.3, -0.25) is 14.5 Å². The molecule has 2 saturated heterocycles. The van der Waals surface area contributed by atoms with E-state index in [9.17, 15) is 9.59 Å². The van der Waals surface area contributed by atoms with Gasteiger partial charge in [-0.2, -0.15) is 0 Å². The quantitative estimate of drug-likeness (QED) is 0.603. The summed E-state index contributed by atoms with van der Waals surface area (Å²) >= 11 is 0. The second kappa shape index (κ2) is 12.2. The van der Waals surface area contributed by atoms with Gasteiger partial charge in [0.05, 0.1) is 6.54 Å². The molecule has 0 saturated carbocycles. The van der Waals surface area contributed by atoms with Gasteiger partial charge in [0.2, 0.25) is 17.7 Å². The molecule has 0 unspecified atom stereocenters. The summed E-state index contributed by atoms with van der Waals surface area (Å²) in [6.45, 7) is 10.8. The number of carbonyl (C=O) groups is 2. The second-order valence-corrected chi connectivity index (χ2v) is 9.90. The van der Waals surface area contributed by atoms with Crippen LogP contribution in [0.3, 0.4) is 0 Å². The maximum Gasteiger partial charge on any atom is 0.234 e. The lowest BCUT2D eigenvalue weighted by molar-refractivity contribution is -0.138. The van der Waals surface area contributed by atoms with Crippen molar-refractivity contribution in [1.29, 1.82) is 0 Å². The van der Waals surface area contributed by atoms with Gasteiger partial charge in [-0.1, -0.05) is 19.1 Å². The topological polar surface area (TPSA) is 90.9 Å². The molecule has 0 radical (unpaired) electrons. The molecule has 194 valence electrons. The Morgan fingerprint density at radius 2 is 1.72 bits per heavy atom. The van der Waals surface area contributed by atoms with Gasteiger partial charge in [0.15, 0.2) is 0 Å². The van der Waals surface area contributed by atoms with Gasteiger partial charge in [-0.15, -0.1) is 0 Å². The van der Waals surface area contributed by atoms with E-state index in [4.69, 9.17) is 4.74 Å². The molecule has 9 heteroatoms. The van der Waals surface area contributed by atoms with Gasteiger partial charge in [-0.25, -0.2) is 9.97 Å². The second-order valence-electron chi connectivity index (χ2n) is 9.90. The molecule has 0 atom stereocenters. The fourth-order valence-electron chi connectivity index (χ4n) is 4.78. The van der Waals surface area contributed by atoms with Crippen LogP contribution in [0.25, 0.3) is 0 Å². The van der Waals surface area contributed by atoms with E-state index >= 15 is 0 Å². The van der Waals surface area contributed by atoms with Crippen molar-refractivity contribution in [2.24, 2.45) is 5.92 Å². The van der Waals surface area contributed by atoms with Crippen LogP contribution in [0.5, 0.6) is 11.6 Å². The lowest BCUT2D eigenvalue weighted by Crippen LogP contribution is -2.53. The minimum atomic E-state index is 0.0340. The summed E-state index contributed by atoms with van der Waals surface area (Å²) in [6, 6.07) is 10.0. The molecule has 4 rings (SSSR count). The Morgan fingerprint density at radius 3 is 2.36 bits per heavy atom. The van der Waals surface area contributed by atoms with Gasteiger partial charge < -0.3 is 19.9 Å². The predicted molar refractivity (Wildman–Crippen MR) is 139 cm³/mol. The number of rotatable bonds is 8. The van der Waals surface area contributed by atoms with Crippen LogP contribution in [0, 0.1) is 5.92 Å². The molecular weight excluding hydrogens is 456 g/mol. The molecule has 1 aromatic carbocycles. The normalized spacial score (nSPS) is 17.3. The highest BCUT2D eigenvalue weighted by Crippen LogP contribution is 2.27. The van der Waals surface area contributed by atoms with Gasteiger partial charge >= 0.3 is 0 Å². The van der Waals surface area contributed by atoms with Crippen LogP contribution in [0.2, 0.25) is 0 Å². The fourth-order valence-corrected chi connectivity index (χ4v) is 4.78. The minimum Gasteiger partial charge on any atom is -0.439 e. The van der Waals surface area contributed by atoms with Crippen LogP contribution in [0.15, 0.2) is 36.7 Å². The summed E-state index contributed by atoms with van der Waals surface area (Å²) < 4.78 is 5.93. The number of hydrogen-bond acceptors (Lipinski definition) is 7.